The van der Waals surface area contributed by atoms with Crippen molar-refractivity contribution in [2.24, 2.45) is 5.73 Å². The topological polar surface area (TPSA) is 64.8 Å². The van der Waals surface area contributed by atoms with E-state index in [0.717, 1.165) is 39.0 Å². The molecular formula is C13H26N2O3. The highest BCUT2D eigenvalue weighted by atomic mass is 16.5. The lowest BCUT2D eigenvalue weighted by Crippen LogP contribution is -2.41. The van der Waals surface area contributed by atoms with Crippen molar-refractivity contribution in [2.45, 2.75) is 38.7 Å². The quantitative estimate of drug-likeness (QED) is 0.653. The molecule has 0 unspecified atom stereocenters. The summed E-state index contributed by atoms with van der Waals surface area (Å²) in [4.78, 5) is 13.7. The Balaban J connectivity index is 2.12. The van der Waals surface area contributed by atoms with Crippen molar-refractivity contribution in [3.05, 3.63) is 0 Å². The number of hydrogen-bond donors (Lipinski definition) is 1. The zero-order valence-electron chi connectivity index (χ0n) is 11.4. The van der Waals surface area contributed by atoms with Crippen LogP contribution in [0.25, 0.3) is 0 Å². The van der Waals surface area contributed by atoms with E-state index in [1.165, 1.54) is 0 Å². The average molecular weight is 258 g/mol. The molecule has 5 heteroatoms. The number of nitrogens with two attached hydrogens (primary N) is 1. The Morgan fingerprint density at radius 3 is 2.67 bits per heavy atom. The van der Waals surface area contributed by atoms with Crippen LogP contribution in [-0.4, -0.2) is 56.4 Å². The van der Waals surface area contributed by atoms with Crippen LogP contribution in [0.3, 0.4) is 0 Å². The van der Waals surface area contributed by atoms with Gasteiger partial charge in [0.05, 0.1) is 19.1 Å². The number of hydrogen-bond acceptors (Lipinski definition) is 4. The SMILES string of the molecule is CCOCCC(=O)N1CCC(OCCCN)CC1. The second-order valence-corrected chi connectivity index (χ2v) is 4.54. The molecule has 0 aromatic rings. The fourth-order valence-corrected chi connectivity index (χ4v) is 2.07. The second kappa shape index (κ2) is 9.30. The van der Waals surface area contributed by atoms with Gasteiger partial charge >= 0.3 is 0 Å². The van der Waals surface area contributed by atoms with Gasteiger partial charge in [0.15, 0.2) is 0 Å². The summed E-state index contributed by atoms with van der Waals surface area (Å²) in [6.07, 6.45) is 3.57. The summed E-state index contributed by atoms with van der Waals surface area (Å²) in [5.41, 5.74) is 5.42. The summed E-state index contributed by atoms with van der Waals surface area (Å²) >= 11 is 0. The van der Waals surface area contributed by atoms with Gasteiger partial charge in [-0.2, -0.15) is 0 Å². The van der Waals surface area contributed by atoms with Crippen LogP contribution in [0.1, 0.15) is 32.6 Å². The molecule has 0 aromatic heterocycles. The molecule has 18 heavy (non-hydrogen) atoms. The zero-order valence-corrected chi connectivity index (χ0v) is 11.4. The first-order valence-corrected chi connectivity index (χ1v) is 6.95. The van der Waals surface area contributed by atoms with Gasteiger partial charge in [-0.05, 0) is 32.7 Å². The van der Waals surface area contributed by atoms with Crippen LogP contribution in [0.2, 0.25) is 0 Å². The van der Waals surface area contributed by atoms with E-state index in [0.29, 0.717) is 32.3 Å². The second-order valence-electron chi connectivity index (χ2n) is 4.54. The van der Waals surface area contributed by atoms with Crippen molar-refractivity contribution in [3.63, 3.8) is 0 Å². The maximum atomic E-state index is 11.8. The van der Waals surface area contributed by atoms with Gasteiger partial charge in [-0.1, -0.05) is 0 Å². The molecule has 0 radical (unpaired) electrons. The third kappa shape index (κ3) is 5.80. The first-order valence-electron chi connectivity index (χ1n) is 6.95. The van der Waals surface area contributed by atoms with Gasteiger partial charge in [0, 0.05) is 26.3 Å². The van der Waals surface area contributed by atoms with Crippen LogP contribution >= 0.6 is 0 Å². The fraction of sp³-hybridized carbons (Fsp3) is 0.923. The van der Waals surface area contributed by atoms with Crippen LogP contribution in [0.15, 0.2) is 0 Å². The Kier molecular flexibility index (Phi) is 7.96. The third-order valence-electron chi connectivity index (χ3n) is 3.16. The van der Waals surface area contributed by atoms with Crippen LogP contribution in [-0.2, 0) is 14.3 Å². The van der Waals surface area contributed by atoms with E-state index < -0.39 is 0 Å². The van der Waals surface area contributed by atoms with E-state index in [2.05, 4.69) is 0 Å². The summed E-state index contributed by atoms with van der Waals surface area (Å²) in [6, 6.07) is 0. The zero-order chi connectivity index (χ0) is 13.2. The lowest BCUT2D eigenvalue weighted by Gasteiger charge is -2.32. The minimum Gasteiger partial charge on any atom is -0.381 e. The number of amides is 1. The van der Waals surface area contributed by atoms with Crippen LogP contribution in [0.5, 0.6) is 0 Å². The van der Waals surface area contributed by atoms with Gasteiger partial charge in [0.2, 0.25) is 5.91 Å². The molecule has 0 saturated carbocycles. The lowest BCUT2D eigenvalue weighted by molar-refractivity contribution is -0.134. The fourth-order valence-electron chi connectivity index (χ4n) is 2.07. The first-order chi connectivity index (χ1) is 8.77. The van der Waals surface area contributed by atoms with Crippen LogP contribution in [0.4, 0.5) is 0 Å². The van der Waals surface area contributed by atoms with Crippen molar-refractivity contribution >= 4 is 5.91 Å². The number of carbonyl (C=O) groups excluding carboxylic acids is 1. The molecule has 5 nitrogen and oxygen atoms in total. The minimum absolute atomic E-state index is 0.198. The van der Waals surface area contributed by atoms with Crippen molar-refractivity contribution in [1.29, 1.82) is 0 Å². The standard InChI is InChI=1S/C13H26N2O3/c1-2-17-11-6-13(16)15-8-4-12(5-9-15)18-10-3-7-14/h12H,2-11,14H2,1H3. The molecule has 2 N–H and O–H groups in total. The molecule has 106 valence electrons. The minimum atomic E-state index is 0.198. The number of rotatable bonds is 8. The Labute approximate surface area is 110 Å². The summed E-state index contributed by atoms with van der Waals surface area (Å²) < 4.78 is 10.9. The molecule has 1 saturated heterocycles. The Morgan fingerprint density at radius 2 is 2.06 bits per heavy atom. The van der Waals surface area contributed by atoms with Crippen molar-refractivity contribution in [1.82, 2.24) is 4.90 Å². The van der Waals surface area contributed by atoms with Gasteiger partial charge in [-0.3, -0.25) is 4.79 Å². The monoisotopic (exact) mass is 258 g/mol. The van der Waals surface area contributed by atoms with Gasteiger partial charge in [-0.25, -0.2) is 0 Å². The van der Waals surface area contributed by atoms with Gasteiger partial charge < -0.3 is 20.1 Å². The number of nitrogens with zero attached hydrogens (tertiary/aromatic N) is 1. The lowest BCUT2D eigenvalue weighted by atomic mass is 10.1. The van der Waals surface area contributed by atoms with Gasteiger partial charge in [0.1, 0.15) is 0 Å². The van der Waals surface area contributed by atoms with E-state index in [1.807, 2.05) is 11.8 Å². The largest absolute Gasteiger partial charge is 0.381 e. The highest BCUT2D eigenvalue weighted by molar-refractivity contribution is 5.76. The number of piperidine rings is 1. The first kappa shape index (κ1) is 15.4. The van der Waals surface area contributed by atoms with Crippen molar-refractivity contribution in [3.8, 4) is 0 Å². The average Bonchev–Trinajstić information content (AvgIpc) is 2.40. The maximum Gasteiger partial charge on any atom is 0.224 e. The van der Waals surface area contributed by atoms with Crippen molar-refractivity contribution < 1.29 is 14.3 Å². The summed E-state index contributed by atoms with van der Waals surface area (Å²) in [7, 11) is 0. The Bertz CT molecular complexity index is 228. The molecule has 0 spiro atoms. The van der Waals surface area contributed by atoms with Gasteiger partial charge in [-0.15, -0.1) is 0 Å². The number of carbonyl (C=O) groups is 1. The smallest absolute Gasteiger partial charge is 0.224 e. The molecule has 0 bridgehead atoms. The van der Waals surface area contributed by atoms with E-state index in [-0.39, 0.29) is 5.91 Å². The van der Waals surface area contributed by atoms with E-state index in [1.54, 1.807) is 0 Å². The summed E-state index contributed by atoms with van der Waals surface area (Å²) in [5.74, 6) is 0.198. The number of likely N-dealkylation sites (tertiary alicyclic amines) is 1. The number of ether oxygens (including phenoxy) is 2. The van der Waals surface area contributed by atoms with E-state index >= 15 is 0 Å². The Morgan fingerprint density at radius 1 is 1.33 bits per heavy atom. The molecule has 1 heterocycles. The highest BCUT2D eigenvalue weighted by Crippen LogP contribution is 2.14. The molecule has 0 aromatic carbocycles. The molecule has 0 aliphatic carbocycles. The van der Waals surface area contributed by atoms with Gasteiger partial charge in [0.25, 0.3) is 0 Å². The Hall–Kier alpha value is -0.650. The third-order valence-corrected chi connectivity index (χ3v) is 3.16. The summed E-state index contributed by atoms with van der Waals surface area (Å²) in [6.45, 7) is 6.16. The predicted octanol–water partition coefficient (Wildman–Crippen LogP) is 0.769. The van der Waals surface area contributed by atoms with Crippen molar-refractivity contribution in [2.75, 3.05) is 39.5 Å². The molecule has 1 rings (SSSR count). The maximum absolute atomic E-state index is 11.8. The molecule has 0 atom stereocenters. The normalized spacial score (nSPS) is 17.1. The molecular weight excluding hydrogens is 232 g/mol. The molecule has 1 amide bonds. The van der Waals surface area contributed by atoms with E-state index in [4.69, 9.17) is 15.2 Å². The molecule has 1 aliphatic rings. The molecule has 1 fully saturated rings. The molecule has 1 aliphatic heterocycles. The predicted molar refractivity (Wildman–Crippen MR) is 70.3 cm³/mol. The van der Waals surface area contributed by atoms with Crippen LogP contribution < -0.4 is 5.73 Å². The van der Waals surface area contributed by atoms with Crippen LogP contribution in [0, 0.1) is 0 Å². The van der Waals surface area contributed by atoms with E-state index in [9.17, 15) is 4.79 Å². The summed E-state index contributed by atoms with van der Waals surface area (Å²) in [5, 5.41) is 0. The highest BCUT2D eigenvalue weighted by Gasteiger charge is 2.22.